The van der Waals surface area contributed by atoms with Crippen LogP contribution in [0.1, 0.15) is 0 Å². The average Bonchev–Trinajstić information content (AvgIpc) is 1.59. The maximum atomic E-state index is 5.57. The second kappa shape index (κ2) is 28.1. The number of aromatic nitrogens is 15. The van der Waals surface area contributed by atoms with E-state index in [9.17, 15) is 0 Å². The molecular formula is C111H67N15. The van der Waals surface area contributed by atoms with Gasteiger partial charge in [-0.15, -0.1) is 0 Å². The maximum absolute atomic E-state index is 5.57. The van der Waals surface area contributed by atoms with Gasteiger partial charge >= 0.3 is 0 Å². The molecule has 0 N–H and O–H groups in total. The molecule has 0 atom stereocenters. The van der Waals surface area contributed by atoms with Crippen LogP contribution in [0.5, 0.6) is 0 Å². The first-order valence-electron chi connectivity index (χ1n) is 42.2. The molecule has 126 heavy (non-hydrogen) atoms. The smallest absolute Gasteiger partial charge is 0.235 e. The summed E-state index contributed by atoms with van der Waals surface area (Å²) < 4.78 is 13.7. The predicted molar refractivity (Wildman–Crippen MR) is 511 cm³/mol. The Hall–Kier alpha value is -17.4. The molecule has 26 rings (SSSR count). The van der Waals surface area contributed by atoms with Crippen LogP contribution < -0.4 is 0 Å². The van der Waals surface area contributed by atoms with Crippen molar-refractivity contribution in [2.45, 2.75) is 0 Å². The zero-order valence-corrected chi connectivity index (χ0v) is 67.4. The molecule has 0 saturated carbocycles. The standard InChI is InChI=1S/C111H67N15/c1-4-22-69(23-5-1)91-61-92(70-24-6-2-7-25-70)118-110(117-91)125-97-35-17-10-28-82(97)86-48-44-75(56-104(86)125)73-46-50-100-89(54-73)84-30-12-15-33-95(84)121(100)78-59-80(66-112-64-78)123-99-37-19-14-32-88(99)107-106(123)58-77(63-116-107)68-40-42-72(43-41-68)94-62-93(71-26-8-3-9-27-71)119-111(120-94)126-98-36-18-11-29-83(98)87-49-45-76(57-105(87)126)74-47-51-101-90(55-74)85-31-13-16-34-96(85)122(101)79-60-81(67-113-65-79)124-102-38-20-52-114-108(102)109-103(124)39-21-53-115-109/h1-67H. The summed E-state index contributed by atoms with van der Waals surface area (Å²) in [5.41, 5.74) is 32.2. The summed E-state index contributed by atoms with van der Waals surface area (Å²) in [7, 11) is 0. The van der Waals surface area contributed by atoms with Crippen LogP contribution in [0.4, 0.5) is 0 Å². The van der Waals surface area contributed by atoms with E-state index in [1.54, 1.807) is 0 Å². The van der Waals surface area contributed by atoms with E-state index in [1.165, 1.54) is 0 Å². The molecule has 15 nitrogen and oxygen atoms in total. The quantitative estimate of drug-likeness (QED) is 0.110. The molecule has 0 bridgehead atoms. The molecule has 13 heterocycles. The molecule has 586 valence electrons. The van der Waals surface area contributed by atoms with Crippen LogP contribution >= 0.6 is 0 Å². The van der Waals surface area contributed by atoms with Gasteiger partial charge < -0.3 is 18.3 Å². The lowest BCUT2D eigenvalue weighted by Gasteiger charge is -2.13. The molecule has 13 aromatic heterocycles. The fourth-order valence-electron chi connectivity index (χ4n) is 19.4. The number of nitrogens with zero attached hydrogens (tertiary/aromatic N) is 15. The molecular weight excluding hydrogens is 1540 g/mol. The zero-order chi connectivity index (χ0) is 82.6. The van der Waals surface area contributed by atoms with E-state index >= 15 is 0 Å². The maximum Gasteiger partial charge on any atom is 0.235 e. The Bertz CT molecular complexity index is 8870. The fourth-order valence-corrected chi connectivity index (χ4v) is 19.4. The topological polar surface area (TPSA) is 146 Å². The molecule has 0 spiro atoms. The van der Waals surface area contributed by atoms with Crippen molar-refractivity contribution >= 4 is 131 Å². The van der Waals surface area contributed by atoms with Crippen molar-refractivity contribution in [2.75, 3.05) is 0 Å². The molecule has 0 unspecified atom stereocenters. The lowest BCUT2D eigenvalue weighted by Crippen LogP contribution is -2.04. The summed E-state index contributed by atoms with van der Waals surface area (Å²) in [6.07, 6.45) is 13.5. The van der Waals surface area contributed by atoms with Crippen LogP contribution in [-0.2, 0) is 0 Å². The predicted octanol–water partition coefficient (Wildman–Crippen LogP) is 26.5. The number of fused-ring (bicyclic) bond motifs is 18. The van der Waals surface area contributed by atoms with Crippen LogP contribution in [0.15, 0.2) is 407 Å². The molecule has 15 heteroatoms. The minimum Gasteiger partial charge on any atom is -0.308 e. The minimum atomic E-state index is 0.567. The van der Waals surface area contributed by atoms with Gasteiger partial charge in [0.1, 0.15) is 11.0 Å². The van der Waals surface area contributed by atoms with Crippen LogP contribution in [0.25, 0.3) is 244 Å². The third-order valence-corrected chi connectivity index (χ3v) is 25.1. The summed E-state index contributed by atoms with van der Waals surface area (Å²) >= 11 is 0. The Labute approximate surface area is 719 Å². The SMILES string of the molecule is c1ccc(-c2cc(-c3ccccc3)nc(-n3c4ccccc4c4ccc(-c5ccc6c(c5)c5ccccc5n6-c5cncc(-n6c7ccccc7c7ncc(-c8ccc(-c9cc(-c%10ccccc%10)nc(-n%10c%11ccccc%11c%11ccc(-c%12ccc%13c(c%12)c%12ccccc%12n%13-c%12cncc(-n%13c%14cccnc%14c%14ncccc%14%13)c%12)cc%11%10)n9)cc8)cc76)c5)cc43)n2)cc1. The van der Waals surface area contributed by atoms with Gasteiger partial charge in [0.25, 0.3) is 0 Å². The van der Waals surface area contributed by atoms with Gasteiger partial charge in [-0.2, -0.15) is 0 Å². The highest BCUT2D eigenvalue weighted by atomic mass is 15.2. The number of benzene rings is 13. The lowest BCUT2D eigenvalue weighted by molar-refractivity contribution is 0.995. The normalized spacial score (nSPS) is 12.0. The van der Waals surface area contributed by atoms with Gasteiger partial charge in [0, 0.05) is 94.9 Å². The van der Waals surface area contributed by atoms with Crippen molar-refractivity contribution in [2.24, 2.45) is 0 Å². The third kappa shape index (κ3) is 11.1. The molecule has 0 fully saturated rings. The van der Waals surface area contributed by atoms with E-state index in [4.69, 9.17) is 44.9 Å². The Balaban J connectivity index is 0.546. The highest BCUT2D eigenvalue weighted by molar-refractivity contribution is 6.16. The van der Waals surface area contributed by atoms with Gasteiger partial charge in [0.05, 0.1) is 142 Å². The Morgan fingerprint density at radius 3 is 0.897 bits per heavy atom. The molecule has 0 aliphatic rings. The molecule has 13 aromatic carbocycles. The highest BCUT2D eigenvalue weighted by Crippen LogP contribution is 2.45. The van der Waals surface area contributed by atoms with Gasteiger partial charge in [-0.1, -0.05) is 243 Å². The number of hydrogen-bond acceptors (Lipinski definition) is 9. The van der Waals surface area contributed by atoms with E-state index < -0.39 is 0 Å². The zero-order valence-electron chi connectivity index (χ0n) is 67.4. The Morgan fingerprint density at radius 1 is 0.159 bits per heavy atom. The van der Waals surface area contributed by atoms with Crippen molar-refractivity contribution in [3.8, 4) is 113 Å². The highest BCUT2D eigenvalue weighted by Gasteiger charge is 2.26. The summed E-state index contributed by atoms with van der Waals surface area (Å²) in [5.74, 6) is 1.18. The number of pyridine rings is 5. The van der Waals surface area contributed by atoms with Gasteiger partial charge in [-0.3, -0.25) is 34.1 Å². The third-order valence-electron chi connectivity index (χ3n) is 25.1. The van der Waals surface area contributed by atoms with Crippen molar-refractivity contribution in [1.82, 2.24) is 72.3 Å². The molecule has 0 saturated heterocycles. The number of rotatable bonds is 13. The first-order valence-corrected chi connectivity index (χ1v) is 42.2. The van der Waals surface area contributed by atoms with Gasteiger partial charge in [-0.25, -0.2) is 19.9 Å². The molecule has 0 radical (unpaired) electrons. The second-order valence-corrected chi connectivity index (χ2v) is 32.2. The summed E-state index contributed by atoms with van der Waals surface area (Å²) in [4.78, 5) is 46.6. The van der Waals surface area contributed by atoms with Crippen LogP contribution in [-0.4, -0.2) is 72.3 Å². The first kappa shape index (κ1) is 70.4. The van der Waals surface area contributed by atoms with Crippen LogP contribution in [0.2, 0.25) is 0 Å². The minimum absolute atomic E-state index is 0.567. The van der Waals surface area contributed by atoms with Crippen LogP contribution in [0.3, 0.4) is 0 Å². The van der Waals surface area contributed by atoms with Crippen molar-refractivity contribution in [3.05, 3.63) is 407 Å². The van der Waals surface area contributed by atoms with E-state index in [2.05, 4.69) is 361 Å². The average molecular weight is 1610 g/mol. The molecule has 0 amide bonds. The largest absolute Gasteiger partial charge is 0.308 e. The lowest BCUT2D eigenvalue weighted by atomic mass is 10.0. The van der Waals surface area contributed by atoms with Crippen molar-refractivity contribution in [3.63, 3.8) is 0 Å². The monoisotopic (exact) mass is 1610 g/mol. The van der Waals surface area contributed by atoms with E-state index in [0.29, 0.717) is 11.9 Å². The van der Waals surface area contributed by atoms with Gasteiger partial charge in [0.2, 0.25) is 11.9 Å². The van der Waals surface area contributed by atoms with Crippen LogP contribution in [0, 0.1) is 0 Å². The summed E-state index contributed by atoms with van der Waals surface area (Å²) in [5, 5.41) is 10.1. The summed E-state index contributed by atoms with van der Waals surface area (Å²) in [6.45, 7) is 0. The molecule has 0 aliphatic carbocycles. The number of hydrogen-bond donors (Lipinski definition) is 0. The molecule has 0 aliphatic heterocycles. The Morgan fingerprint density at radius 2 is 0.460 bits per heavy atom. The van der Waals surface area contributed by atoms with Crippen molar-refractivity contribution in [1.29, 1.82) is 0 Å². The molecule has 26 aromatic rings. The second-order valence-electron chi connectivity index (χ2n) is 32.2. The fraction of sp³-hybridized carbons (Fsp3) is 0. The summed E-state index contributed by atoms with van der Waals surface area (Å²) in [6, 6.07) is 129. The van der Waals surface area contributed by atoms with Gasteiger partial charge in [-0.05, 0) is 149 Å². The number of para-hydroxylation sites is 5. The van der Waals surface area contributed by atoms with E-state index in [1.807, 2.05) is 73.7 Å². The Kier molecular flexibility index (Phi) is 15.7. The van der Waals surface area contributed by atoms with Crippen molar-refractivity contribution < 1.29 is 0 Å². The van der Waals surface area contributed by atoms with E-state index in [-0.39, 0.29) is 0 Å². The van der Waals surface area contributed by atoms with Gasteiger partial charge in [0.15, 0.2) is 0 Å². The first-order chi connectivity index (χ1) is 62.5. The van der Waals surface area contributed by atoms with E-state index in [0.717, 1.165) is 232 Å².